The molecule has 0 unspecified atom stereocenters. The molecule has 1 heterocycles. The highest BCUT2D eigenvalue weighted by atomic mass is 19.4. The van der Waals surface area contributed by atoms with Crippen LogP contribution in [-0.4, -0.2) is 4.57 Å². The number of aryl methyl sites for hydroxylation is 1. The fourth-order valence-electron chi connectivity index (χ4n) is 1.97. The molecule has 1 nitrogen and oxygen atoms in total. The van der Waals surface area contributed by atoms with Crippen molar-refractivity contribution in [3.63, 3.8) is 0 Å². The lowest BCUT2D eigenvalue weighted by molar-refractivity contribution is -0.143. The molecule has 0 amide bonds. The number of hydrogen-bond acceptors (Lipinski definition) is 0. The first-order valence-corrected chi connectivity index (χ1v) is 4.64. The van der Waals surface area contributed by atoms with Gasteiger partial charge in [0, 0.05) is 12.7 Å². The number of hydrogen-bond donors (Lipinski definition) is 0. The number of rotatable bonds is 1. The van der Waals surface area contributed by atoms with Crippen molar-refractivity contribution in [1.82, 2.24) is 4.57 Å². The predicted molar refractivity (Wildman–Crippen MR) is 47.1 cm³/mol. The van der Waals surface area contributed by atoms with Crippen LogP contribution in [0.15, 0.2) is 6.07 Å². The standard InChI is InChI=1S/C10H12F3N/c1-6-5-8(7-3-4-7)14(2)9(6)10(11,12)13/h5,7H,3-4H2,1-2H3. The van der Waals surface area contributed by atoms with Crippen LogP contribution in [0.3, 0.4) is 0 Å². The summed E-state index contributed by atoms with van der Waals surface area (Å²) in [6, 6.07) is 1.67. The van der Waals surface area contributed by atoms with Gasteiger partial charge in [-0.3, -0.25) is 0 Å². The number of nitrogens with zero attached hydrogens (tertiary/aromatic N) is 1. The van der Waals surface area contributed by atoms with Crippen LogP contribution in [0.5, 0.6) is 0 Å². The Morgan fingerprint density at radius 2 is 1.93 bits per heavy atom. The second kappa shape index (κ2) is 2.78. The van der Waals surface area contributed by atoms with Crippen LogP contribution in [0.4, 0.5) is 13.2 Å². The summed E-state index contributed by atoms with van der Waals surface area (Å²) in [5.74, 6) is 0.356. The van der Waals surface area contributed by atoms with Gasteiger partial charge in [-0.2, -0.15) is 13.2 Å². The molecule has 0 N–H and O–H groups in total. The highest BCUT2D eigenvalue weighted by Gasteiger charge is 2.38. The topological polar surface area (TPSA) is 4.93 Å². The number of aromatic nitrogens is 1. The van der Waals surface area contributed by atoms with E-state index < -0.39 is 11.9 Å². The molecule has 0 aromatic carbocycles. The van der Waals surface area contributed by atoms with Crippen molar-refractivity contribution in [2.24, 2.45) is 7.05 Å². The van der Waals surface area contributed by atoms with Gasteiger partial charge in [0.2, 0.25) is 0 Å². The van der Waals surface area contributed by atoms with Gasteiger partial charge in [-0.05, 0) is 37.3 Å². The summed E-state index contributed by atoms with van der Waals surface area (Å²) < 4.78 is 39.1. The second-order valence-corrected chi connectivity index (χ2v) is 3.93. The second-order valence-electron chi connectivity index (χ2n) is 3.93. The van der Waals surface area contributed by atoms with E-state index in [0.717, 1.165) is 18.5 Å². The average molecular weight is 203 g/mol. The summed E-state index contributed by atoms with van der Waals surface area (Å²) >= 11 is 0. The third kappa shape index (κ3) is 1.42. The molecule has 1 aliphatic carbocycles. The van der Waals surface area contributed by atoms with E-state index in [1.165, 1.54) is 18.5 Å². The van der Waals surface area contributed by atoms with E-state index in [1.54, 1.807) is 6.07 Å². The Bertz CT molecular complexity index is 358. The number of halogens is 3. The Hall–Kier alpha value is -0.930. The molecule has 4 heteroatoms. The van der Waals surface area contributed by atoms with Crippen LogP contribution in [0.2, 0.25) is 0 Å². The lowest BCUT2D eigenvalue weighted by Gasteiger charge is -2.10. The zero-order chi connectivity index (χ0) is 10.5. The van der Waals surface area contributed by atoms with E-state index >= 15 is 0 Å². The van der Waals surface area contributed by atoms with Crippen molar-refractivity contribution >= 4 is 0 Å². The summed E-state index contributed by atoms with van der Waals surface area (Å²) in [7, 11) is 1.50. The van der Waals surface area contributed by atoms with E-state index in [-0.39, 0.29) is 0 Å². The fraction of sp³-hybridized carbons (Fsp3) is 0.600. The molecule has 1 fully saturated rings. The van der Waals surface area contributed by atoms with Crippen molar-refractivity contribution in [3.8, 4) is 0 Å². The Kier molecular flexibility index (Phi) is 1.91. The normalized spacial score (nSPS) is 17.5. The Labute approximate surface area is 80.5 Å². The summed E-state index contributed by atoms with van der Waals surface area (Å²) in [4.78, 5) is 0. The van der Waals surface area contributed by atoms with Crippen LogP contribution in [0.25, 0.3) is 0 Å². The smallest absolute Gasteiger partial charge is 0.344 e. The first-order chi connectivity index (χ1) is 6.41. The van der Waals surface area contributed by atoms with Crippen molar-refractivity contribution in [1.29, 1.82) is 0 Å². The van der Waals surface area contributed by atoms with E-state index in [0.29, 0.717) is 11.5 Å². The highest BCUT2D eigenvalue weighted by molar-refractivity contribution is 5.32. The molecule has 0 atom stereocenters. The Morgan fingerprint density at radius 1 is 1.36 bits per heavy atom. The first kappa shape index (κ1) is 9.62. The molecule has 0 saturated heterocycles. The van der Waals surface area contributed by atoms with Crippen molar-refractivity contribution in [2.75, 3.05) is 0 Å². The van der Waals surface area contributed by atoms with E-state index in [1.807, 2.05) is 0 Å². The van der Waals surface area contributed by atoms with Gasteiger partial charge in [-0.25, -0.2) is 0 Å². The predicted octanol–water partition coefficient (Wildman–Crippen LogP) is 3.23. The SMILES string of the molecule is Cc1cc(C2CC2)n(C)c1C(F)(F)F. The van der Waals surface area contributed by atoms with Gasteiger partial charge in [0.05, 0.1) is 0 Å². The summed E-state index contributed by atoms with van der Waals surface area (Å²) in [6.07, 6.45) is -2.19. The van der Waals surface area contributed by atoms with Crippen molar-refractivity contribution in [3.05, 3.63) is 23.0 Å². The maximum atomic E-state index is 12.6. The fourth-order valence-corrected chi connectivity index (χ4v) is 1.97. The lowest BCUT2D eigenvalue weighted by atomic mass is 10.2. The van der Waals surface area contributed by atoms with Gasteiger partial charge in [0.15, 0.2) is 0 Å². The van der Waals surface area contributed by atoms with Gasteiger partial charge >= 0.3 is 6.18 Å². The van der Waals surface area contributed by atoms with Crippen molar-refractivity contribution < 1.29 is 13.2 Å². The van der Waals surface area contributed by atoms with E-state index in [9.17, 15) is 13.2 Å². The van der Waals surface area contributed by atoms with Crippen LogP contribution in [0, 0.1) is 6.92 Å². The quantitative estimate of drug-likeness (QED) is 0.660. The molecule has 2 rings (SSSR count). The van der Waals surface area contributed by atoms with Gasteiger partial charge in [0.25, 0.3) is 0 Å². The zero-order valence-electron chi connectivity index (χ0n) is 8.15. The van der Waals surface area contributed by atoms with Crippen LogP contribution < -0.4 is 0 Å². The molecule has 1 saturated carbocycles. The Morgan fingerprint density at radius 3 is 2.29 bits per heavy atom. The highest BCUT2D eigenvalue weighted by Crippen LogP contribution is 2.43. The molecule has 0 radical (unpaired) electrons. The average Bonchev–Trinajstić information content (AvgIpc) is 2.76. The molecular weight excluding hydrogens is 191 g/mol. The van der Waals surface area contributed by atoms with Crippen LogP contribution in [0.1, 0.15) is 35.7 Å². The first-order valence-electron chi connectivity index (χ1n) is 4.64. The molecule has 1 aromatic rings. The van der Waals surface area contributed by atoms with Gasteiger partial charge < -0.3 is 4.57 Å². The molecular formula is C10H12F3N. The van der Waals surface area contributed by atoms with E-state index in [2.05, 4.69) is 0 Å². The van der Waals surface area contributed by atoms with Gasteiger partial charge in [-0.1, -0.05) is 0 Å². The number of alkyl halides is 3. The maximum absolute atomic E-state index is 12.6. The van der Waals surface area contributed by atoms with Gasteiger partial charge in [0.1, 0.15) is 5.69 Å². The van der Waals surface area contributed by atoms with Crippen LogP contribution >= 0.6 is 0 Å². The minimum absolute atomic E-state index is 0.335. The minimum atomic E-state index is -4.23. The van der Waals surface area contributed by atoms with Gasteiger partial charge in [-0.15, -0.1) is 0 Å². The molecule has 0 aliphatic heterocycles. The summed E-state index contributed by atoms with van der Waals surface area (Å²) in [5.41, 5.74) is 0.663. The Balaban J connectivity index is 2.49. The molecule has 0 bridgehead atoms. The third-order valence-electron chi connectivity index (χ3n) is 2.72. The lowest BCUT2D eigenvalue weighted by Crippen LogP contribution is -2.13. The molecule has 1 aromatic heterocycles. The molecule has 14 heavy (non-hydrogen) atoms. The monoisotopic (exact) mass is 203 g/mol. The maximum Gasteiger partial charge on any atom is 0.431 e. The summed E-state index contributed by atoms with van der Waals surface area (Å²) in [5, 5.41) is 0. The summed E-state index contributed by atoms with van der Waals surface area (Å²) in [6.45, 7) is 1.52. The molecule has 1 aliphatic rings. The molecule has 0 spiro atoms. The van der Waals surface area contributed by atoms with Crippen molar-refractivity contribution in [2.45, 2.75) is 31.9 Å². The minimum Gasteiger partial charge on any atom is -0.344 e. The van der Waals surface area contributed by atoms with E-state index in [4.69, 9.17) is 0 Å². The third-order valence-corrected chi connectivity index (χ3v) is 2.72. The largest absolute Gasteiger partial charge is 0.431 e. The molecule has 78 valence electrons. The van der Waals surface area contributed by atoms with Crippen LogP contribution in [-0.2, 0) is 13.2 Å². The zero-order valence-corrected chi connectivity index (χ0v) is 8.15.